The Morgan fingerprint density at radius 2 is 2.12 bits per heavy atom. The number of halogens is 2. The number of nitrogens with one attached hydrogen (secondary N) is 1. The van der Waals surface area contributed by atoms with Crippen LogP contribution in [-0.4, -0.2) is 12.6 Å². The second-order valence-corrected chi connectivity index (χ2v) is 4.67. The Kier molecular flexibility index (Phi) is 3.54. The van der Waals surface area contributed by atoms with Crippen molar-refractivity contribution in [2.45, 2.75) is 32.2 Å². The molecule has 1 aromatic rings. The molecule has 2 rings (SSSR count). The van der Waals surface area contributed by atoms with Crippen molar-refractivity contribution in [2.24, 2.45) is 5.92 Å². The topological polar surface area (TPSA) is 12.0 Å². The van der Waals surface area contributed by atoms with Crippen LogP contribution >= 0.6 is 0 Å². The van der Waals surface area contributed by atoms with Crippen LogP contribution in [0.1, 0.15) is 25.3 Å². The van der Waals surface area contributed by atoms with Gasteiger partial charge in [-0.2, -0.15) is 0 Å². The summed E-state index contributed by atoms with van der Waals surface area (Å²) in [5.74, 6) is -0.997. The van der Waals surface area contributed by atoms with Crippen molar-refractivity contribution in [2.75, 3.05) is 6.54 Å². The molecule has 1 saturated heterocycles. The highest BCUT2D eigenvalue weighted by molar-refractivity contribution is 5.19. The molecule has 0 spiro atoms. The number of piperidine rings is 1. The van der Waals surface area contributed by atoms with Gasteiger partial charge in [0.1, 0.15) is 0 Å². The molecule has 1 aliphatic heterocycles. The molecule has 0 amide bonds. The lowest BCUT2D eigenvalue weighted by atomic mass is 9.89. The second kappa shape index (κ2) is 4.91. The van der Waals surface area contributed by atoms with Crippen LogP contribution in [-0.2, 0) is 6.42 Å². The third-order valence-electron chi connectivity index (χ3n) is 3.30. The van der Waals surface area contributed by atoms with E-state index in [4.69, 9.17) is 0 Å². The summed E-state index contributed by atoms with van der Waals surface area (Å²) >= 11 is 0. The SMILES string of the molecule is CC1CCC(Cc2cccc(F)c2F)CN1. The smallest absolute Gasteiger partial charge is 0.162 e. The van der Waals surface area contributed by atoms with Crippen molar-refractivity contribution >= 4 is 0 Å². The summed E-state index contributed by atoms with van der Waals surface area (Å²) < 4.78 is 26.4. The molecule has 0 aromatic heterocycles. The van der Waals surface area contributed by atoms with Crippen LogP contribution in [0, 0.1) is 17.6 Å². The number of rotatable bonds is 2. The molecule has 1 heterocycles. The van der Waals surface area contributed by atoms with Gasteiger partial charge in [-0.15, -0.1) is 0 Å². The highest BCUT2D eigenvalue weighted by Gasteiger charge is 2.19. The van der Waals surface area contributed by atoms with E-state index >= 15 is 0 Å². The normalized spacial score (nSPS) is 25.7. The average molecular weight is 225 g/mol. The summed E-state index contributed by atoms with van der Waals surface area (Å²) in [6.07, 6.45) is 2.83. The molecule has 2 atom stereocenters. The van der Waals surface area contributed by atoms with Crippen molar-refractivity contribution in [1.29, 1.82) is 0 Å². The zero-order chi connectivity index (χ0) is 11.5. The molecule has 3 heteroatoms. The van der Waals surface area contributed by atoms with Gasteiger partial charge in [0.05, 0.1) is 0 Å². The maximum absolute atomic E-state index is 13.4. The summed E-state index contributed by atoms with van der Waals surface area (Å²) in [5.41, 5.74) is 0.501. The minimum Gasteiger partial charge on any atom is -0.314 e. The predicted molar refractivity (Wildman–Crippen MR) is 60.3 cm³/mol. The zero-order valence-corrected chi connectivity index (χ0v) is 9.47. The van der Waals surface area contributed by atoms with Crippen LogP contribution in [0.4, 0.5) is 8.78 Å². The Morgan fingerprint density at radius 3 is 2.81 bits per heavy atom. The van der Waals surface area contributed by atoms with E-state index in [0.29, 0.717) is 23.9 Å². The van der Waals surface area contributed by atoms with Crippen molar-refractivity contribution in [1.82, 2.24) is 5.32 Å². The lowest BCUT2D eigenvalue weighted by molar-refractivity contribution is 0.318. The largest absolute Gasteiger partial charge is 0.314 e. The molecule has 0 bridgehead atoms. The molecule has 1 nitrogen and oxygen atoms in total. The van der Waals surface area contributed by atoms with Crippen LogP contribution in [0.2, 0.25) is 0 Å². The summed E-state index contributed by atoms with van der Waals surface area (Å²) in [6, 6.07) is 4.97. The summed E-state index contributed by atoms with van der Waals surface area (Å²) in [5, 5.41) is 3.37. The van der Waals surface area contributed by atoms with Gasteiger partial charge in [0, 0.05) is 6.04 Å². The molecule has 2 unspecified atom stereocenters. The molecule has 1 N–H and O–H groups in total. The third kappa shape index (κ3) is 2.59. The molecular weight excluding hydrogens is 208 g/mol. The van der Waals surface area contributed by atoms with E-state index < -0.39 is 11.6 Å². The Bertz CT molecular complexity index is 357. The first-order valence-electron chi connectivity index (χ1n) is 5.83. The van der Waals surface area contributed by atoms with E-state index in [2.05, 4.69) is 12.2 Å². The highest BCUT2D eigenvalue weighted by atomic mass is 19.2. The van der Waals surface area contributed by atoms with E-state index in [1.807, 2.05) is 0 Å². The van der Waals surface area contributed by atoms with Gasteiger partial charge in [-0.1, -0.05) is 12.1 Å². The van der Waals surface area contributed by atoms with Crippen molar-refractivity contribution in [3.8, 4) is 0 Å². The fraction of sp³-hybridized carbons (Fsp3) is 0.538. The van der Waals surface area contributed by atoms with Crippen molar-refractivity contribution < 1.29 is 8.78 Å². The van der Waals surface area contributed by atoms with Gasteiger partial charge >= 0.3 is 0 Å². The fourth-order valence-corrected chi connectivity index (χ4v) is 2.25. The monoisotopic (exact) mass is 225 g/mol. The minimum atomic E-state index is -0.741. The highest BCUT2D eigenvalue weighted by Crippen LogP contribution is 2.21. The standard InChI is InChI=1S/C13H17F2N/c1-9-5-6-10(8-16-9)7-11-3-2-4-12(14)13(11)15/h2-4,9-10,16H,5-8H2,1H3. The molecule has 0 aliphatic carbocycles. The molecule has 0 radical (unpaired) electrons. The fourth-order valence-electron chi connectivity index (χ4n) is 2.25. The first-order valence-corrected chi connectivity index (χ1v) is 5.83. The minimum absolute atomic E-state index is 0.424. The average Bonchev–Trinajstić information content (AvgIpc) is 2.28. The number of hydrogen-bond donors (Lipinski definition) is 1. The van der Waals surface area contributed by atoms with E-state index in [0.717, 1.165) is 19.4 Å². The zero-order valence-electron chi connectivity index (χ0n) is 9.47. The van der Waals surface area contributed by atoms with Crippen LogP contribution in [0.25, 0.3) is 0 Å². The number of benzene rings is 1. The van der Waals surface area contributed by atoms with E-state index in [1.165, 1.54) is 6.07 Å². The molecule has 0 saturated carbocycles. The van der Waals surface area contributed by atoms with Gasteiger partial charge in [-0.25, -0.2) is 8.78 Å². The van der Waals surface area contributed by atoms with Gasteiger partial charge in [0.2, 0.25) is 0 Å². The summed E-state index contributed by atoms with van der Waals surface area (Å²) in [6.45, 7) is 3.05. The maximum Gasteiger partial charge on any atom is 0.162 e. The second-order valence-electron chi connectivity index (χ2n) is 4.67. The summed E-state index contributed by atoms with van der Waals surface area (Å²) in [7, 11) is 0. The van der Waals surface area contributed by atoms with Gasteiger partial charge in [-0.05, 0) is 50.3 Å². The van der Waals surface area contributed by atoms with Crippen LogP contribution in [0.3, 0.4) is 0 Å². The van der Waals surface area contributed by atoms with Gasteiger partial charge < -0.3 is 5.32 Å². The van der Waals surface area contributed by atoms with Crippen molar-refractivity contribution in [3.63, 3.8) is 0 Å². The Labute approximate surface area is 94.9 Å². The first kappa shape index (κ1) is 11.5. The molecule has 16 heavy (non-hydrogen) atoms. The number of hydrogen-bond acceptors (Lipinski definition) is 1. The van der Waals surface area contributed by atoms with Crippen molar-refractivity contribution in [3.05, 3.63) is 35.4 Å². The van der Waals surface area contributed by atoms with E-state index in [9.17, 15) is 8.78 Å². The molecule has 1 fully saturated rings. The van der Waals surface area contributed by atoms with Gasteiger partial charge in [0.15, 0.2) is 11.6 Å². The van der Waals surface area contributed by atoms with Crippen LogP contribution < -0.4 is 5.32 Å². The molecule has 1 aromatic carbocycles. The van der Waals surface area contributed by atoms with Crippen LogP contribution in [0.15, 0.2) is 18.2 Å². The molecule has 88 valence electrons. The Balaban J connectivity index is 2.01. The lowest BCUT2D eigenvalue weighted by Crippen LogP contribution is -2.37. The van der Waals surface area contributed by atoms with Gasteiger partial charge in [0.25, 0.3) is 0 Å². The maximum atomic E-state index is 13.4. The lowest BCUT2D eigenvalue weighted by Gasteiger charge is -2.27. The van der Waals surface area contributed by atoms with E-state index in [1.54, 1.807) is 12.1 Å². The predicted octanol–water partition coefficient (Wildman–Crippen LogP) is 2.90. The Hall–Kier alpha value is -0.960. The molecular formula is C13H17F2N. The van der Waals surface area contributed by atoms with Crippen LogP contribution in [0.5, 0.6) is 0 Å². The van der Waals surface area contributed by atoms with E-state index in [-0.39, 0.29) is 0 Å². The quantitative estimate of drug-likeness (QED) is 0.816. The first-order chi connectivity index (χ1) is 7.66. The van der Waals surface area contributed by atoms with Gasteiger partial charge in [-0.3, -0.25) is 0 Å². The third-order valence-corrected chi connectivity index (χ3v) is 3.30. The Morgan fingerprint density at radius 1 is 1.31 bits per heavy atom. The molecule has 1 aliphatic rings. The summed E-state index contributed by atoms with van der Waals surface area (Å²) in [4.78, 5) is 0.